The second-order valence-corrected chi connectivity index (χ2v) is 5.44. The van der Waals surface area contributed by atoms with Crippen molar-refractivity contribution in [1.29, 1.82) is 0 Å². The van der Waals surface area contributed by atoms with E-state index in [-0.39, 0.29) is 18.1 Å². The smallest absolute Gasteiger partial charge is 0.342 e. The molecule has 1 aromatic rings. The summed E-state index contributed by atoms with van der Waals surface area (Å²) in [5.41, 5.74) is 0.275. The van der Waals surface area contributed by atoms with Crippen LogP contribution in [-0.2, 0) is 9.53 Å². The van der Waals surface area contributed by atoms with Crippen LogP contribution in [0.5, 0.6) is 11.5 Å². The summed E-state index contributed by atoms with van der Waals surface area (Å²) >= 11 is 0. The summed E-state index contributed by atoms with van der Waals surface area (Å²) < 4.78 is 15.4. The van der Waals surface area contributed by atoms with Crippen LogP contribution < -0.4 is 9.47 Å². The predicted octanol–water partition coefficient (Wildman–Crippen LogP) is 2.26. The highest BCUT2D eigenvalue weighted by Crippen LogP contribution is 2.25. The predicted molar refractivity (Wildman–Crippen MR) is 84.9 cm³/mol. The van der Waals surface area contributed by atoms with Crippen molar-refractivity contribution in [2.75, 3.05) is 33.9 Å². The molecule has 126 valence electrons. The lowest BCUT2D eigenvalue weighted by Crippen LogP contribution is -2.35. The van der Waals surface area contributed by atoms with Crippen LogP contribution in [0.3, 0.4) is 0 Å². The molecule has 0 atom stereocenters. The number of benzene rings is 1. The lowest BCUT2D eigenvalue weighted by Gasteiger charge is -2.20. The van der Waals surface area contributed by atoms with E-state index in [4.69, 9.17) is 14.2 Å². The Hall–Kier alpha value is -2.24. The molecule has 6 heteroatoms. The largest absolute Gasteiger partial charge is 0.497 e. The van der Waals surface area contributed by atoms with Crippen LogP contribution in [0.2, 0.25) is 0 Å². The van der Waals surface area contributed by atoms with E-state index in [0.29, 0.717) is 11.5 Å². The first-order chi connectivity index (χ1) is 11.2. The van der Waals surface area contributed by atoms with E-state index in [1.807, 2.05) is 0 Å². The highest BCUT2D eigenvalue weighted by Gasteiger charge is 2.19. The van der Waals surface area contributed by atoms with Crippen LogP contribution in [-0.4, -0.2) is 50.7 Å². The molecule has 2 rings (SSSR count). The maximum atomic E-state index is 12.2. The molecule has 1 amide bonds. The summed E-state index contributed by atoms with van der Waals surface area (Å²) in [7, 11) is 3.00. The molecule has 1 aliphatic rings. The third kappa shape index (κ3) is 4.61. The molecular weight excluding hydrogens is 298 g/mol. The van der Waals surface area contributed by atoms with E-state index in [1.54, 1.807) is 23.1 Å². The van der Waals surface area contributed by atoms with E-state index in [2.05, 4.69) is 0 Å². The van der Waals surface area contributed by atoms with E-state index in [9.17, 15) is 9.59 Å². The third-order valence-electron chi connectivity index (χ3n) is 3.91. The fourth-order valence-electron chi connectivity index (χ4n) is 2.58. The molecule has 0 unspecified atom stereocenters. The number of amides is 1. The van der Waals surface area contributed by atoms with Crippen molar-refractivity contribution in [2.24, 2.45) is 0 Å². The first kappa shape index (κ1) is 17.1. The van der Waals surface area contributed by atoms with Gasteiger partial charge >= 0.3 is 5.97 Å². The number of hydrogen-bond acceptors (Lipinski definition) is 5. The minimum atomic E-state index is -0.576. The Balaban J connectivity index is 1.95. The van der Waals surface area contributed by atoms with Crippen LogP contribution in [0.1, 0.15) is 36.0 Å². The Morgan fingerprint density at radius 2 is 1.74 bits per heavy atom. The molecule has 0 aliphatic carbocycles. The molecule has 1 heterocycles. The van der Waals surface area contributed by atoms with Crippen molar-refractivity contribution >= 4 is 11.9 Å². The second kappa shape index (κ2) is 8.41. The Morgan fingerprint density at radius 3 is 2.35 bits per heavy atom. The molecule has 6 nitrogen and oxygen atoms in total. The van der Waals surface area contributed by atoms with Gasteiger partial charge in [0.2, 0.25) is 0 Å². The van der Waals surface area contributed by atoms with Gasteiger partial charge in [0.1, 0.15) is 17.1 Å². The quantitative estimate of drug-likeness (QED) is 0.778. The molecule has 0 spiro atoms. The Labute approximate surface area is 136 Å². The number of nitrogens with zero attached hydrogens (tertiary/aromatic N) is 1. The first-order valence-corrected chi connectivity index (χ1v) is 7.82. The van der Waals surface area contributed by atoms with Gasteiger partial charge in [-0.15, -0.1) is 0 Å². The Morgan fingerprint density at radius 1 is 1.04 bits per heavy atom. The van der Waals surface area contributed by atoms with Gasteiger partial charge in [-0.25, -0.2) is 4.79 Å². The topological polar surface area (TPSA) is 65.1 Å². The van der Waals surface area contributed by atoms with Crippen molar-refractivity contribution in [3.63, 3.8) is 0 Å². The molecule has 23 heavy (non-hydrogen) atoms. The number of likely N-dealkylation sites (tertiary alicyclic amines) is 1. The van der Waals surface area contributed by atoms with Gasteiger partial charge in [-0.3, -0.25) is 4.79 Å². The van der Waals surface area contributed by atoms with Crippen molar-refractivity contribution < 1.29 is 23.8 Å². The van der Waals surface area contributed by atoms with Crippen molar-refractivity contribution in [1.82, 2.24) is 4.90 Å². The summed E-state index contributed by atoms with van der Waals surface area (Å²) in [5.74, 6) is 0.219. The average molecular weight is 321 g/mol. The SMILES string of the molecule is COc1ccc(C(=O)OCC(=O)N2CCCCCC2)c(OC)c1. The van der Waals surface area contributed by atoms with Gasteiger partial charge in [0.15, 0.2) is 6.61 Å². The fourth-order valence-corrected chi connectivity index (χ4v) is 2.58. The minimum absolute atomic E-state index is 0.146. The van der Waals surface area contributed by atoms with E-state index in [0.717, 1.165) is 38.8 Å². The molecule has 1 saturated heterocycles. The monoisotopic (exact) mass is 321 g/mol. The molecule has 0 aromatic heterocycles. The minimum Gasteiger partial charge on any atom is -0.497 e. The second-order valence-electron chi connectivity index (χ2n) is 5.44. The van der Waals surface area contributed by atoms with E-state index >= 15 is 0 Å². The summed E-state index contributed by atoms with van der Waals surface area (Å²) in [6.07, 6.45) is 4.30. The zero-order chi connectivity index (χ0) is 16.7. The van der Waals surface area contributed by atoms with Gasteiger partial charge in [0.05, 0.1) is 14.2 Å². The molecule has 1 aliphatic heterocycles. The van der Waals surface area contributed by atoms with Crippen LogP contribution in [0.25, 0.3) is 0 Å². The Bertz CT molecular complexity index is 550. The first-order valence-electron chi connectivity index (χ1n) is 7.82. The van der Waals surface area contributed by atoms with Crippen LogP contribution in [0, 0.1) is 0 Å². The highest BCUT2D eigenvalue weighted by molar-refractivity contribution is 5.94. The number of rotatable bonds is 5. The third-order valence-corrected chi connectivity index (χ3v) is 3.91. The van der Waals surface area contributed by atoms with Crippen molar-refractivity contribution in [2.45, 2.75) is 25.7 Å². The van der Waals surface area contributed by atoms with Gasteiger partial charge in [0, 0.05) is 19.2 Å². The van der Waals surface area contributed by atoms with Gasteiger partial charge in [-0.1, -0.05) is 12.8 Å². The number of esters is 1. The Kier molecular flexibility index (Phi) is 6.26. The molecule has 0 radical (unpaired) electrons. The standard InChI is InChI=1S/C17H23NO5/c1-21-13-7-8-14(15(11-13)22-2)17(20)23-12-16(19)18-9-5-3-4-6-10-18/h7-8,11H,3-6,9-10,12H2,1-2H3. The van der Waals surface area contributed by atoms with Crippen LogP contribution >= 0.6 is 0 Å². The fraction of sp³-hybridized carbons (Fsp3) is 0.529. The molecule has 0 N–H and O–H groups in total. The molecule has 0 bridgehead atoms. The van der Waals surface area contributed by atoms with Gasteiger partial charge in [-0.05, 0) is 25.0 Å². The van der Waals surface area contributed by atoms with Crippen LogP contribution in [0.4, 0.5) is 0 Å². The lowest BCUT2D eigenvalue weighted by molar-refractivity contribution is -0.134. The number of hydrogen-bond donors (Lipinski definition) is 0. The number of carbonyl (C=O) groups is 2. The summed E-state index contributed by atoms with van der Waals surface area (Å²) in [4.78, 5) is 26.1. The maximum absolute atomic E-state index is 12.2. The molecule has 0 saturated carbocycles. The summed E-state index contributed by atoms with van der Waals surface area (Å²) in [6.45, 7) is 1.23. The molecule has 1 fully saturated rings. The average Bonchev–Trinajstić information content (AvgIpc) is 2.88. The van der Waals surface area contributed by atoms with Crippen molar-refractivity contribution in [3.8, 4) is 11.5 Å². The zero-order valence-electron chi connectivity index (χ0n) is 13.7. The normalized spacial score (nSPS) is 14.8. The molecule has 1 aromatic carbocycles. The molecular formula is C17H23NO5. The highest BCUT2D eigenvalue weighted by atomic mass is 16.5. The summed E-state index contributed by atoms with van der Waals surface area (Å²) in [6, 6.07) is 4.82. The van der Waals surface area contributed by atoms with Crippen LogP contribution in [0.15, 0.2) is 18.2 Å². The van der Waals surface area contributed by atoms with Gasteiger partial charge < -0.3 is 19.1 Å². The van der Waals surface area contributed by atoms with Gasteiger partial charge in [-0.2, -0.15) is 0 Å². The van der Waals surface area contributed by atoms with E-state index < -0.39 is 5.97 Å². The zero-order valence-corrected chi connectivity index (χ0v) is 13.7. The lowest BCUT2D eigenvalue weighted by atomic mass is 10.2. The number of methoxy groups -OCH3 is 2. The maximum Gasteiger partial charge on any atom is 0.342 e. The van der Waals surface area contributed by atoms with Gasteiger partial charge in [0.25, 0.3) is 5.91 Å². The number of carbonyl (C=O) groups excluding carboxylic acids is 2. The van der Waals surface area contributed by atoms with Crippen molar-refractivity contribution in [3.05, 3.63) is 23.8 Å². The van der Waals surface area contributed by atoms with E-state index in [1.165, 1.54) is 14.2 Å². The summed E-state index contributed by atoms with van der Waals surface area (Å²) in [5, 5.41) is 0. The number of ether oxygens (including phenoxy) is 3.